The van der Waals surface area contributed by atoms with Crippen LogP contribution in [-0.2, 0) is 6.54 Å². The van der Waals surface area contributed by atoms with Crippen molar-refractivity contribution in [2.45, 2.75) is 25.8 Å². The Morgan fingerprint density at radius 2 is 2.42 bits per heavy atom. The number of nitrogens with one attached hydrogen (secondary N) is 1. The molecule has 0 aromatic carbocycles. The first-order valence-electron chi connectivity index (χ1n) is 6.76. The van der Waals surface area contributed by atoms with Crippen molar-refractivity contribution in [3.05, 3.63) is 41.6 Å². The molecular weight excluding hydrogens is 256 g/mol. The van der Waals surface area contributed by atoms with Gasteiger partial charge in [0, 0.05) is 6.54 Å². The molecule has 1 aliphatic carbocycles. The third kappa shape index (κ3) is 3.33. The van der Waals surface area contributed by atoms with Crippen molar-refractivity contribution in [3.63, 3.8) is 0 Å². The zero-order valence-electron chi connectivity index (χ0n) is 10.8. The number of hydrogen-bond donors (Lipinski definition) is 1. The zero-order valence-corrected chi connectivity index (χ0v) is 11.7. The maximum atomic E-state index is 5.50. The molecule has 3 rings (SSSR count). The van der Waals surface area contributed by atoms with E-state index in [0.29, 0.717) is 0 Å². The van der Waals surface area contributed by atoms with Gasteiger partial charge in [0.05, 0.1) is 10.6 Å². The van der Waals surface area contributed by atoms with Gasteiger partial charge in [-0.25, -0.2) is 4.98 Å². The van der Waals surface area contributed by atoms with E-state index in [2.05, 4.69) is 22.5 Å². The Balaban J connectivity index is 1.49. The number of hydrogen-bond acceptors (Lipinski definition) is 4. The summed E-state index contributed by atoms with van der Waals surface area (Å²) < 4.78 is 5.50. The van der Waals surface area contributed by atoms with Crippen molar-refractivity contribution in [2.75, 3.05) is 6.54 Å². The van der Waals surface area contributed by atoms with Crippen LogP contribution in [0.4, 0.5) is 0 Å². The summed E-state index contributed by atoms with van der Waals surface area (Å²) in [6.07, 6.45) is 10.0. The highest BCUT2D eigenvalue weighted by molar-refractivity contribution is 7.13. The van der Waals surface area contributed by atoms with Crippen molar-refractivity contribution in [3.8, 4) is 10.8 Å². The SMILES string of the molecule is C1=CCC(CNCc2coc(-c3cccs3)n2)CC1. The molecule has 0 saturated heterocycles. The van der Waals surface area contributed by atoms with Crippen molar-refractivity contribution in [1.82, 2.24) is 10.3 Å². The molecule has 1 atom stereocenters. The molecule has 1 aliphatic rings. The molecule has 3 nitrogen and oxygen atoms in total. The maximum Gasteiger partial charge on any atom is 0.236 e. The van der Waals surface area contributed by atoms with Crippen LogP contribution in [0.5, 0.6) is 0 Å². The van der Waals surface area contributed by atoms with E-state index in [1.807, 2.05) is 17.5 Å². The van der Waals surface area contributed by atoms with Crippen LogP contribution in [0, 0.1) is 5.92 Å². The van der Waals surface area contributed by atoms with Gasteiger partial charge in [-0.1, -0.05) is 18.2 Å². The summed E-state index contributed by atoms with van der Waals surface area (Å²) in [6.45, 7) is 1.85. The molecule has 0 radical (unpaired) electrons. The maximum absolute atomic E-state index is 5.50. The van der Waals surface area contributed by atoms with Crippen LogP contribution < -0.4 is 5.32 Å². The first-order chi connectivity index (χ1) is 9.42. The molecule has 2 heterocycles. The standard InChI is InChI=1S/C15H18N2OS/c1-2-5-12(6-3-1)9-16-10-13-11-18-15(17-13)14-7-4-8-19-14/h1-2,4,7-8,11-12,16H,3,5-6,9-10H2. The summed E-state index contributed by atoms with van der Waals surface area (Å²) in [5.41, 5.74) is 0.981. The van der Waals surface area contributed by atoms with E-state index in [0.717, 1.165) is 35.5 Å². The first-order valence-corrected chi connectivity index (χ1v) is 7.64. The van der Waals surface area contributed by atoms with Crippen molar-refractivity contribution in [1.29, 1.82) is 0 Å². The lowest BCUT2D eigenvalue weighted by Gasteiger charge is -2.17. The predicted molar refractivity (Wildman–Crippen MR) is 78.0 cm³/mol. The van der Waals surface area contributed by atoms with Crippen LogP contribution in [0.3, 0.4) is 0 Å². The Morgan fingerprint density at radius 1 is 1.42 bits per heavy atom. The van der Waals surface area contributed by atoms with E-state index < -0.39 is 0 Å². The smallest absolute Gasteiger partial charge is 0.236 e. The number of oxazole rings is 1. The van der Waals surface area contributed by atoms with E-state index in [1.54, 1.807) is 17.6 Å². The average Bonchev–Trinajstić information content (AvgIpc) is 3.10. The molecule has 2 aromatic rings. The average molecular weight is 274 g/mol. The van der Waals surface area contributed by atoms with Gasteiger partial charge in [-0.05, 0) is 43.2 Å². The zero-order chi connectivity index (χ0) is 12.9. The van der Waals surface area contributed by atoms with E-state index in [1.165, 1.54) is 19.3 Å². The van der Waals surface area contributed by atoms with Crippen molar-refractivity contribution in [2.24, 2.45) is 5.92 Å². The molecule has 0 aliphatic heterocycles. The van der Waals surface area contributed by atoms with Gasteiger partial charge < -0.3 is 9.73 Å². The molecule has 2 aromatic heterocycles. The van der Waals surface area contributed by atoms with Gasteiger partial charge in [0.2, 0.25) is 5.89 Å². The Kier molecular flexibility index (Phi) is 4.10. The fraction of sp³-hybridized carbons (Fsp3) is 0.400. The topological polar surface area (TPSA) is 38.1 Å². The summed E-state index contributed by atoms with van der Waals surface area (Å²) in [5.74, 6) is 1.50. The number of aromatic nitrogens is 1. The van der Waals surface area contributed by atoms with Crippen LogP contribution in [0.15, 0.2) is 40.3 Å². The third-order valence-electron chi connectivity index (χ3n) is 3.40. The number of nitrogens with zero attached hydrogens (tertiary/aromatic N) is 1. The fourth-order valence-corrected chi connectivity index (χ4v) is 3.00. The van der Waals surface area contributed by atoms with Crippen molar-refractivity contribution >= 4 is 11.3 Å². The molecule has 1 unspecified atom stereocenters. The predicted octanol–water partition coefficient (Wildman–Crippen LogP) is 3.85. The van der Waals surface area contributed by atoms with Gasteiger partial charge in [-0.2, -0.15) is 0 Å². The molecule has 1 N–H and O–H groups in total. The van der Waals surface area contributed by atoms with Crippen molar-refractivity contribution < 1.29 is 4.42 Å². The highest BCUT2D eigenvalue weighted by atomic mass is 32.1. The molecule has 0 bridgehead atoms. The van der Waals surface area contributed by atoms with Crippen LogP contribution >= 0.6 is 11.3 Å². The van der Waals surface area contributed by atoms with Gasteiger partial charge in [-0.15, -0.1) is 11.3 Å². The van der Waals surface area contributed by atoms with Crippen LogP contribution in [0.2, 0.25) is 0 Å². The highest BCUT2D eigenvalue weighted by Crippen LogP contribution is 2.23. The Bertz CT molecular complexity index is 530. The van der Waals surface area contributed by atoms with E-state index in [9.17, 15) is 0 Å². The Morgan fingerprint density at radius 3 is 3.21 bits per heavy atom. The lowest BCUT2D eigenvalue weighted by molar-refractivity contribution is 0.439. The van der Waals surface area contributed by atoms with Gasteiger partial charge in [0.1, 0.15) is 6.26 Å². The second-order valence-corrected chi connectivity index (χ2v) is 5.85. The summed E-state index contributed by atoms with van der Waals surface area (Å²) in [7, 11) is 0. The largest absolute Gasteiger partial charge is 0.444 e. The Hall–Kier alpha value is -1.39. The number of allylic oxidation sites excluding steroid dienone is 2. The van der Waals surface area contributed by atoms with Crippen LogP contribution in [-0.4, -0.2) is 11.5 Å². The monoisotopic (exact) mass is 274 g/mol. The Labute approximate surface area is 117 Å². The second kappa shape index (κ2) is 6.17. The minimum atomic E-state index is 0.729. The molecule has 100 valence electrons. The highest BCUT2D eigenvalue weighted by Gasteiger charge is 2.10. The number of rotatable bonds is 5. The second-order valence-electron chi connectivity index (χ2n) is 4.90. The molecule has 4 heteroatoms. The lowest BCUT2D eigenvalue weighted by atomic mass is 9.94. The summed E-state index contributed by atoms with van der Waals surface area (Å²) >= 11 is 1.65. The fourth-order valence-electron chi connectivity index (χ4n) is 2.35. The van der Waals surface area contributed by atoms with Gasteiger partial charge in [0.25, 0.3) is 0 Å². The van der Waals surface area contributed by atoms with Crippen LogP contribution in [0.25, 0.3) is 10.8 Å². The molecule has 0 saturated carbocycles. The first kappa shape index (κ1) is 12.6. The molecule has 0 spiro atoms. The van der Waals surface area contributed by atoms with E-state index in [-0.39, 0.29) is 0 Å². The molecule has 0 amide bonds. The summed E-state index contributed by atoms with van der Waals surface area (Å²) in [4.78, 5) is 5.59. The van der Waals surface area contributed by atoms with Gasteiger partial charge in [0.15, 0.2) is 0 Å². The summed E-state index contributed by atoms with van der Waals surface area (Å²) in [5, 5.41) is 5.51. The molecule has 0 fully saturated rings. The normalized spacial score (nSPS) is 18.8. The van der Waals surface area contributed by atoms with Gasteiger partial charge >= 0.3 is 0 Å². The minimum absolute atomic E-state index is 0.729. The van der Waals surface area contributed by atoms with Crippen LogP contribution in [0.1, 0.15) is 25.0 Å². The quantitative estimate of drug-likeness (QED) is 0.842. The van der Waals surface area contributed by atoms with Gasteiger partial charge in [-0.3, -0.25) is 0 Å². The number of thiophene rings is 1. The molecular formula is C15H18N2OS. The summed E-state index contributed by atoms with van der Waals surface area (Å²) in [6, 6.07) is 4.04. The lowest BCUT2D eigenvalue weighted by Crippen LogP contribution is -2.23. The minimum Gasteiger partial charge on any atom is -0.444 e. The third-order valence-corrected chi connectivity index (χ3v) is 4.26. The van der Waals surface area contributed by atoms with E-state index in [4.69, 9.17) is 4.42 Å². The van der Waals surface area contributed by atoms with E-state index >= 15 is 0 Å². The molecule has 19 heavy (non-hydrogen) atoms.